The Hall–Kier alpha value is -6.12. The molecule has 4 aromatic rings. The van der Waals surface area contributed by atoms with Gasteiger partial charge in [-0.05, 0) is 84.7 Å². The number of allylic oxidation sites excluding steroid dienone is 2. The lowest BCUT2D eigenvalue weighted by atomic mass is 9.93. The van der Waals surface area contributed by atoms with Gasteiger partial charge in [0.2, 0.25) is 11.6 Å². The lowest BCUT2D eigenvalue weighted by Crippen LogP contribution is -2.23. The molecule has 0 fully saturated rings. The summed E-state index contributed by atoms with van der Waals surface area (Å²) < 4.78 is 142. The maximum atomic E-state index is 13.3. The van der Waals surface area contributed by atoms with Gasteiger partial charge >= 0.3 is 0 Å². The summed E-state index contributed by atoms with van der Waals surface area (Å²) in [6, 6.07) is 10.8. The molecular weight excluding hydrogens is 845 g/mol. The van der Waals surface area contributed by atoms with Crippen LogP contribution in [0.1, 0.15) is 43.0 Å². The van der Waals surface area contributed by atoms with Crippen LogP contribution in [-0.4, -0.2) is 74.9 Å². The molecule has 0 radical (unpaired) electrons. The minimum atomic E-state index is -5.40. The van der Waals surface area contributed by atoms with Crippen LogP contribution in [0.25, 0.3) is 23.3 Å². The zero-order chi connectivity index (χ0) is 42.9. The summed E-state index contributed by atoms with van der Waals surface area (Å²) in [6.07, 6.45) is 4.21. The molecule has 4 aromatic carbocycles. The van der Waals surface area contributed by atoms with Gasteiger partial charge in [-0.3, -0.25) is 20.4 Å². The van der Waals surface area contributed by atoms with Crippen molar-refractivity contribution in [3.63, 3.8) is 0 Å². The van der Waals surface area contributed by atoms with Gasteiger partial charge in [-0.1, -0.05) is 24.3 Å². The van der Waals surface area contributed by atoms with E-state index in [4.69, 9.17) is 11.5 Å². The van der Waals surface area contributed by atoms with Crippen molar-refractivity contribution >= 4 is 98.4 Å². The normalized spacial score (nSPS) is 15.8. The highest BCUT2D eigenvalue weighted by Crippen LogP contribution is 2.37. The number of nitrogens with one attached hydrogen (secondary N) is 2. The third kappa shape index (κ3) is 7.77. The van der Waals surface area contributed by atoms with Crippen molar-refractivity contribution in [1.29, 1.82) is 0 Å². The van der Waals surface area contributed by atoms with Crippen LogP contribution in [0.3, 0.4) is 0 Å². The number of carbonyl (C=O) groups is 2. The van der Waals surface area contributed by atoms with Crippen LogP contribution in [0, 0.1) is 13.8 Å². The first-order chi connectivity index (χ1) is 26.8. The second-order valence-electron chi connectivity index (χ2n) is 12.6. The lowest BCUT2D eigenvalue weighted by molar-refractivity contribution is 0.105. The minimum Gasteiger partial charge on any atom is -0.744 e. The van der Waals surface area contributed by atoms with Gasteiger partial charge in [-0.15, -0.1) is 0 Å². The Kier molecular flexibility index (Phi) is 10.3. The molecular formula is C34H24N6O14S4-4. The topological polar surface area (TPSA) is 364 Å². The molecule has 2 aliphatic rings. The van der Waals surface area contributed by atoms with Crippen LogP contribution < -0.4 is 22.3 Å². The van der Waals surface area contributed by atoms with E-state index in [0.717, 1.165) is 24.3 Å². The number of hydrogen-bond donors (Lipinski definition) is 4. The van der Waals surface area contributed by atoms with Crippen molar-refractivity contribution < 1.29 is 61.5 Å². The number of nitrogen functional groups attached to an aromatic ring is 2. The van der Waals surface area contributed by atoms with E-state index in [-0.39, 0.29) is 11.4 Å². The van der Waals surface area contributed by atoms with Gasteiger partial charge in [0.05, 0.1) is 53.5 Å². The molecule has 0 unspecified atom stereocenters. The van der Waals surface area contributed by atoms with Crippen molar-refractivity contribution in [3.05, 3.63) is 94.1 Å². The minimum absolute atomic E-state index is 0.313. The molecule has 0 aromatic heterocycles. The third-order valence-electron chi connectivity index (χ3n) is 8.86. The molecule has 6 N–H and O–H groups in total. The number of nitrogens with zero attached hydrogens (tertiary/aromatic N) is 2. The number of ketones is 2. The summed E-state index contributed by atoms with van der Waals surface area (Å²) in [4.78, 5) is 21.9. The van der Waals surface area contributed by atoms with Gasteiger partial charge in [0.25, 0.3) is 0 Å². The van der Waals surface area contributed by atoms with Crippen molar-refractivity contribution in [1.82, 2.24) is 0 Å². The smallest absolute Gasteiger partial charge is 0.215 e. The highest BCUT2D eigenvalue weighted by molar-refractivity contribution is 7.87. The second-order valence-corrected chi connectivity index (χ2v) is 18.0. The predicted octanol–water partition coefficient (Wildman–Crippen LogP) is 2.11. The van der Waals surface area contributed by atoms with Gasteiger partial charge < -0.3 is 29.7 Å². The number of rotatable bonds is 9. The molecule has 0 atom stereocenters. The maximum Gasteiger partial charge on any atom is 0.215 e. The van der Waals surface area contributed by atoms with Crippen molar-refractivity contribution in [2.24, 2.45) is 10.2 Å². The zero-order valence-corrected chi connectivity index (χ0v) is 32.6. The van der Waals surface area contributed by atoms with E-state index in [1.54, 1.807) is 50.2 Å². The number of hydrogen-bond acceptors (Lipinski definition) is 20. The third-order valence-corrected chi connectivity index (χ3v) is 12.4. The van der Waals surface area contributed by atoms with E-state index in [1.165, 1.54) is 0 Å². The van der Waals surface area contributed by atoms with E-state index in [1.807, 2.05) is 0 Å². The summed E-state index contributed by atoms with van der Waals surface area (Å²) in [5, 5.41) is 8.08. The van der Waals surface area contributed by atoms with Gasteiger partial charge in [-0.25, -0.2) is 33.7 Å². The average Bonchev–Trinajstić information content (AvgIpc) is 3.09. The number of nitrogens with two attached hydrogens (primary N) is 2. The van der Waals surface area contributed by atoms with Crippen LogP contribution in [0.5, 0.6) is 0 Å². The van der Waals surface area contributed by atoms with Crippen LogP contribution in [0.4, 0.5) is 22.7 Å². The van der Waals surface area contributed by atoms with Crippen molar-refractivity contribution in [2.75, 3.05) is 22.3 Å². The highest BCUT2D eigenvalue weighted by Gasteiger charge is 2.31. The molecule has 0 aliphatic heterocycles. The molecule has 0 heterocycles. The van der Waals surface area contributed by atoms with Crippen LogP contribution in [0.2, 0.25) is 0 Å². The summed E-state index contributed by atoms with van der Waals surface area (Å²) in [5.41, 5.74) is 15.6. The molecule has 58 heavy (non-hydrogen) atoms. The van der Waals surface area contributed by atoms with E-state index in [2.05, 4.69) is 21.1 Å². The van der Waals surface area contributed by atoms with Crippen LogP contribution in [0.15, 0.2) is 90.5 Å². The Morgan fingerprint density at radius 1 is 0.500 bits per heavy atom. The van der Waals surface area contributed by atoms with E-state index < -0.39 is 105 Å². The van der Waals surface area contributed by atoms with Crippen molar-refractivity contribution in [2.45, 2.75) is 33.4 Å². The molecule has 6 rings (SSSR count). The Morgan fingerprint density at radius 2 is 0.828 bits per heavy atom. The first-order valence-electron chi connectivity index (χ1n) is 15.9. The molecule has 2 aliphatic carbocycles. The number of Topliss-reactive ketones (excluding diaryl/α,β-unsaturated/α-hetero) is 2. The number of hydrazone groups is 2. The summed E-state index contributed by atoms with van der Waals surface area (Å²) in [6.45, 7) is 3.41. The molecule has 302 valence electrons. The van der Waals surface area contributed by atoms with Crippen LogP contribution >= 0.6 is 0 Å². The quantitative estimate of drug-likeness (QED) is 0.106. The molecule has 0 saturated heterocycles. The molecule has 0 spiro atoms. The molecule has 20 nitrogen and oxygen atoms in total. The molecule has 24 heteroatoms. The Balaban J connectivity index is 1.23. The second kappa shape index (κ2) is 14.4. The molecule has 0 saturated carbocycles. The van der Waals surface area contributed by atoms with Crippen molar-refractivity contribution in [3.8, 4) is 11.1 Å². The molecule has 0 bridgehead atoms. The highest BCUT2D eigenvalue weighted by atomic mass is 32.2. The fourth-order valence-corrected chi connectivity index (χ4v) is 8.89. The van der Waals surface area contributed by atoms with Gasteiger partial charge in [0, 0.05) is 11.1 Å². The fourth-order valence-electron chi connectivity index (χ4n) is 6.07. The van der Waals surface area contributed by atoms with E-state index >= 15 is 0 Å². The first kappa shape index (κ1) is 41.5. The average molecular weight is 869 g/mol. The van der Waals surface area contributed by atoms with E-state index in [9.17, 15) is 61.5 Å². The number of aryl methyl sites for hydroxylation is 2. The monoisotopic (exact) mass is 868 g/mol. The van der Waals surface area contributed by atoms with Gasteiger partial charge in [-0.2, -0.15) is 10.2 Å². The standard InChI is InChI=1S/C34H28N6O14S4/c1-15-11-17(3-7-21(15)37-39-23-9-5-19-25(55(43,44)45)13-27(57(49,50)51)31(35)29(19)33(23)41)18-4-8-22(16(2)12-18)38-40-24-10-6-20-26(56(46,47)48)14-28(58(52,53)54)32(36)30(20)34(24)42/h3-14,37-38H,35-36H2,1-2H3,(H,43,44,45)(H,46,47,48)(H,49,50,51)(H,52,53,54)/p-4/b39-23+,40-24+. The summed E-state index contributed by atoms with van der Waals surface area (Å²) in [5.74, 6) is -2.13. The van der Waals surface area contributed by atoms with Crippen LogP contribution in [-0.2, 0) is 40.5 Å². The predicted molar refractivity (Wildman–Crippen MR) is 204 cm³/mol. The first-order valence-corrected chi connectivity index (χ1v) is 21.5. The molecule has 0 amide bonds. The number of anilines is 4. The SMILES string of the molecule is Cc1cc(-c2ccc(N/N=C3\C=Cc4c(S(=O)(=O)[O-])cc(S(=O)(=O)[O-])c(N)c4C3=O)c(C)c2)ccc1N/N=C1\C=Cc2c(S(=O)(=O)[O-])cc(S(=O)(=O)[O-])c(N)c2C1=O. The Morgan fingerprint density at radius 3 is 1.12 bits per heavy atom. The number of benzene rings is 4. The fraction of sp³-hybridized carbons (Fsp3) is 0.0588. The lowest BCUT2D eigenvalue weighted by Gasteiger charge is -2.22. The van der Waals surface area contributed by atoms with E-state index in [0.29, 0.717) is 45.8 Å². The number of carbonyl (C=O) groups excluding carboxylic acids is 2. The summed E-state index contributed by atoms with van der Waals surface area (Å²) >= 11 is 0. The Labute approximate surface area is 329 Å². The zero-order valence-electron chi connectivity index (χ0n) is 29.3. The van der Waals surface area contributed by atoms with Gasteiger partial charge in [0.1, 0.15) is 51.9 Å². The maximum absolute atomic E-state index is 13.3. The Bertz CT molecular complexity index is 2930. The number of fused-ring (bicyclic) bond motifs is 2. The largest absolute Gasteiger partial charge is 0.744 e. The summed E-state index contributed by atoms with van der Waals surface area (Å²) in [7, 11) is -21.5. The van der Waals surface area contributed by atoms with Gasteiger partial charge in [0.15, 0.2) is 0 Å².